The van der Waals surface area contributed by atoms with Crippen LogP contribution >= 0.6 is 0 Å². The Morgan fingerprint density at radius 3 is 2.33 bits per heavy atom. The second kappa shape index (κ2) is 4.23. The summed E-state index contributed by atoms with van der Waals surface area (Å²) in [6, 6.07) is 8.73. The van der Waals surface area contributed by atoms with Crippen LogP contribution in [0.1, 0.15) is 11.7 Å². The zero-order valence-electron chi connectivity index (χ0n) is 6.38. The van der Waals surface area contributed by atoms with Crippen molar-refractivity contribution in [3.63, 3.8) is 0 Å². The highest BCUT2D eigenvalue weighted by Crippen LogP contribution is 2.11. The summed E-state index contributed by atoms with van der Waals surface area (Å²) in [5.74, 6) is -0.209. The molecule has 0 radical (unpaired) electrons. The maximum Gasteiger partial charge on any atom is 0.143 e. The molecule has 0 fully saturated rings. The first-order chi connectivity index (χ1) is 5.70. The fourth-order valence-electron chi connectivity index (χ4n) is 0.922. The summed E-state index contributed by atoms with van der Waals surface area (Å²) in [6.45, 7) is 0. The van der Waals surface area contributed by atoms with Crippen molar-refractivity contribution in [3.05, 3.63) is 35.9 Å². The van der Waals surface area contributed by atoms with E-state index in [2.05, 4.69) is 0 Å². The van der Waals surface area contributed by atoms with Crippen LogP contribution in [-0.4, -0.2) is 19.3 Å². The van der Waals surface area contributed by atoms with Crippen molar-refractivity contribution in [1.29, 1.82) is 0 Å². The van der Waals surface area contributed by atoms with Crippen LogP contribution in [0.15, 0.2) is 30.3 Å². The normalized spacial score (nSPS) is 13.2. The van der Waals surface area contributed by atoms with Gasteiger partial charge in [0.15, 0.2) is 0 Å². The number of hydrogen-bond donors (Lipinski definition) is 2. The van der Waals surface area contributed by atoms with E-state index in [1.54, 1.807) is 24.3 Å². The first kappa shape index (κ1) is 9.22. The van der Waals surface area contributed by atoms with Gasteiger partial charge < -0.3 is 5.11 Å². The monoisotopic (exact) mass is 186 g/mol. The third kappa shape index (κ3) is 2.64. The summed E-state index contributed by atoms with van der Waals surface area (Å²) < 4.78 is 20.5. The van der Waals surface area contributed by atoms with Gasteiger partial charge in [0.2, 0.25) is 0 Å². The second-order valence-electron chi connectivity index (χ2n) is 2.44. The average molecular weight is 186 g/mol. The first-order valence-electron chi connectivity index (χ1n) is 3.55. The second-order valence-corrected chi connectivity index (χ2v) is 3.47. The van der Waals surface area contributed by atoms with Crippen LogP contribution in [0, 0.1) is 0 Å². The minimum absolute atomic E-state index is 0.209. The summed E-state index contributed by atoms with van der Waals surface area (Å²) in [5.41, 5.74) is 0.636. The molecule has 0 spiro atoms. The lowest BCUT2D eigenvalue weighted by atomic mass is 10.1. The SMILES string of the molecule is O=[SH](=O)C[C@H](O)c1ccccc1. The summed E-state index contributed by atoms with van der Waals surface area (Å²) in [5, 5.41) is 9.31. The molecule has 12 heavy (non-hydrogen) atoms. The van der Waals surface area contributed by atoms with Crippen LogP contribution in [0.2, 0.25) is 0 Å². The quantitative estimate of drug-likeness (QED) is 0.669. The lowest BCUT2D eigenvalue weighted by Gasteiger charge is -2.05. The highest BCUT2D eigenvalue weighted by Gasteiger charge is 2.06. The number of aliphatic hydroxyl groups excluding tert-OH is 1. The van der Waals surface area contributed by atoms with Crippen LogP contribution in [0.3, 0.4) is 0 Å². The van der Waals surface area contributed by atoms with Gasteiger partial charge in [-0.15, -0.1) is 0 Å². The van der Waals surface area contributed by atoms with E-state index in [0.717, 1.165) is 0 Å². The standard InChI is InChI=1S/C8H10O3S/c9-8(6-12(10)11)7-4-2-1-3-5-7/h1-5,8-9,12H,6H2/t8-/m0/s1. The Morgan fingerprint density at radius 2 is 1.83 bits per heavy atom. The molecule has 1 aromatic rings. The summed E-state index contributed by atoms with van der Waals surface area (Å²) in [6.07, 6.45) is -0.896. The van der Waals surface area contributed by atoms with Crippen molar-refractivity contribution in [1.82, 2.24) is 0 Å². The molecule has 0 unspecified atom stereocenters. The van der Waals surface area contributed by atoms with E-state index in [1.165, 1.54) is 0 Å². The molecule has 0 aliphatic rings. The number of thiol groups is 1. The Bertz CT molecular complexity index is 297. The van der Waals surface area contributed by atoms with Gasteiger partial charge in [-0.2, -0.15) is 0 Å². The lowest BCUT2D eigenvalue weighted by molar-refractivity contribution is 0.202. The molecule has 0 heterocycles. The predicted octanol–water partition coefficient (Wildman–Crippen LogP) is 0.331. The fourth-order valence-corrected chi connectivity index (χ4v) is 1.42. The fraction of sp³-hybridized carbons (Fsp3) is 0.250. The van der Waals surface area contributed by atoms with E-state index >= 15 is 0 Å². The Morgan fingerprint density at radius 1 is 1.25 bits per heavy atom. The van der Waals surface area contributed by atoms with Gasteiger partial charge in [-0.25, -0.2) is 8.42 Å². The molecule has 0 amide bonds. The minimum Gasteiger partial charge on any atom is -0.387 e. The number of aliphatic hydroxyl groups is 1. The molecular formula is C8H10O3S. The lowest BCUT2D eigenvalue weighted by Crippen LogP contribution is -2.03. The van der Waals surface area contributed by atoms with Crippen LogP contribution in [0.25, 0.3) is 0 Å². The Hall–Kier alpha value is -0.870. The molecule has 1 rings (SSSR count). The van der Waals surface area contributed by atoms with Crippen LogP contribution in [0.5, 0.6) is 0 Å². The molecule has 0 aliphatic heterocycles. The summed E-state index contributed by atoms with van der Waals surface area (Å²) in [7, 11) is -2.51. The smallest absolute Gasteiger partial charge is 0.143 e. The van der Waals surface area contributed by atoms with E-state index in [1.807, 2.05) is 6.07 Å². The van der Waals surface area contributed by atoms with Gasteiger partial charge in [-0.1, -0.05) is 30.3 Å². The topological polar surface area (TPSA) is 54.4 Å². The van der Waals surface area contributed by atoms with Gasteiger partial charge in [0.25, 0.3) is 0 Å². The van der Waals surface area contributed by atoms with Crippen LogP contribution in [0.4, 0.5) is 0 Å². The van der Waals surface area contributed by atoms with E-state index in [0.29, 0.717) is 5.56 Å². The number of rotatable bonds is 3. The zero-order chi connectivity index (χ0) is 8.97. The largest absolute Gasteiger partial charge is 0.387 e. The van der Waals surface area contributed by atoms with Crippen molar-refractivity contribution in [2.75, 3.05) is 5.75 Å². The summed E-state index contributed by atoms with van der Waals surface area (Å²) >= 11 is 0. The van der Waals surface area contributed by atoms with Crippen LogP contribution < -0.4 is 0 Å². The highest BCUT2D eigenvalue weighted by molar-refractivity contribution is 7.72. The molecule has 66 valence electrons. The number of benzene rings is 1. The Kier molecular flexibility index (Phi) is 3.25. The molecule has 0 saturated carbocycles. The van der Waals surface area contributed by atoms with Gasteiger partial charge in [-0.3, -0.25) is 0 Å². The van der Waals surface area contributed by atoms with Gasteiger partial charge in [0, 0.05) is 0 Å². The summed E-state index contributed by atoms with van der Waals surface area (Å²) in [4.78, 5) is 0. The maximum atomic E-state index is 10.3. The average Bonchev–Trinajstić information content (AvgIpc) is 2.05. The van der Waals surface area contributed by atoms with Crippen LogP contribution in [-0.2, 0) is 10.7 Å². The molecule has 1 atom stereocenters. The van der Waals surface area contributed by atoms with Crippen molar-refractivity contribution in [2.45, 2.75) is 6.10 Å². The predicted molar refractivity (Wildman–Crippen MR) is 46.6 cm³/mol. The Labute approximate surface area is 72.6 Å². The molecule has 3 nitrogen and oxygen atoms in total. The maximum absolute atomic E-state index is 10.3. The zero-order valence-corrected chi connectivity index (χ0v) is 7.28. The van der Waals surface area contributed by atoms with Crippen molar-refractivity contribution >= 4 is 10.7 Å². The van der Waals surface area contributed by atoms with Gasteiger partial charge in [0.1, 0.15) is 10.7 Å². The van der Waals surface area contributed by atoms with E-state index < -0.39 is 16.8 Å². The molecule has 0 bridgehead atoms. The molecular weight excluding hydrogens is 176 g/mol. The molecule has 1 aromatic carbocycles. The van der Waals surface area contributed by atoms with E-state index in [-0.39, 0.29) is 5.75 Å². The molecule has 0 aromatic heterocycles. The van der Waals surface area contributed by atoms with E-state index in [9.17, 15) is 13.5 Å². The van der Waals surface area contributed by atoms with Gasteiger partial charge >= 0.3 is 0 Å². The Balaban J connectivity index is 2.71. The van der Waals surface area contributed by atoms with Crippen molar-refractivity contribution in [2.24, 2.45) is 0 Å². The van der Waals surface area contributed by atoms with Crippen molar-refractivity contribution < 1.29 is 13.5 Å². The number of hydrogen-bond acceptors (Lipinski definition) is 3. The molecule has 1 N–H and O–H groups in total. The van der Waals surface area contributed by atoms with Gasteiger partial charge in [-0.05, 0) is 5.56 Å². The third-order valence-corrected chi connectivity index (χ3v) is 2.15. The first-order valence-corrected chi connectivity index (χ1v) is 4.91. The third-order valence-electron chi connectivity index (χ3n) is 1.51. The van der Waals surface area contributed by atoms with Crippen molar-refractivity contribution in [3.8, 4) is 0 Å². The molecule has 4 heteroatoms. The minimum atomic E-state index is -2.51. The molecule has 0 saturated heterocycles. The van der Waals surface area contributed by atoms with Gasteiger partial charge in [0.05, 0.1) is 11.9 Å². The highest BCUT2D eigenvalue weighted by atomic mass is 32.2. The van der Waals surface area contributed by atoms with E-state index in [4.69, 9.17) is 0 Å². The molecule has 0 aliphatic carbocycles.